The van der Waals surface area contributed by atoms with Crippen molar-refractivity contribution in [2.75, 3.05) is 6.54 Å². The number of ether oxygens (including phenoxy) is 1. The molecule has 1 aromatic heterocycles. The van der Waals surface area contributed by atoms with E-state index >= 15 is 0 Å². The number of fused-ring (bicyclic) bond motifs is 1. The number of aromatic nitrogens is 1. The smallest absolute Gasteiger partial charge is 0.454 e. The van der Waals surface area contributed by atoms with Crippen molar-refractivity contribution < 1.29 is 27.5 Å². The quantitative estimate of drug-likeness (QED) is 0.584. The summed E-state index contributed by atoms with van der Waals surface area (Å²) in [4.78, 5) is 29.0. The van der Waals surface area contributed by atoms with Gasteiger partial charge in [-0.15, -0.1) is 11.3 Å². The van der Waals surface area contributed by atoms with Gasteiger partial charge in [0, 0.05) is 18.8 Å². The molecule has 1 saturated heterocycles. The number of hydrogen-bond donors (Lipinski definition) is 0. The molecule has 0 radical (unpaired) electrons. The molecule has 2 aromatic rings. The van der Waals surface area contributed by atoms with Crippen molar-refractivity contribution in [1.82, 2.24) is 9.88 Å². The van der Waals surface area contributed by atoms with Crippen LogP contribution >= 0.6 is 11.3 Å². The zero-order chi connectivity index (χ0) is 18.7. The van der Waals surface area contributed by atoms with E-state index in [1.807, 2.05) is 24.3 Å². The van der Waals surface area contributed by atoms with Crippen molar-refractivity contribution in [3.63, 3.8) is 0 Å². The van der Waals surface area contributed by atoms with Crippen LogP contribution in [0.2, 0.25) is 0 Å². The van der Waals surface area contributed by atoms with Crippen molar-refractivity contribution >= 4 is 33.3 Å². The van der Waals surface area contributed by atoms with Gasteiger partial charge in [-0.25, -0.2) is 9.78 Å². The molecule has 0 amide bonds. The zero-order valence-electron chi connectivity index (χ0n) is 13.5. The normalized spacial score (nSPS) is 18.0. The average molecular weight is 384 g/mol. The Morgan fingerprint density at radius 2 is 2.12 bits per heavy atom. The Morgan fingerprint density at radius 1 is 1.35 bits per heavy atom. The second kappa shape index (κ2) is 7.45. The number of halogens is 3. The maximum Gasteiger partial charge on any atom is 0.454 e. The molecule has 9 heteroatoms. The molecule has 3 rings (SSSR count). The highest BCUT2D eigenvalue weighted by Crippen LogP contribution is 2.24. The van der Waals surface area contributed by atoms with Crippen LogP contribution in [0, 0.1) is 0 Å². The highest BCUT2D eigenvalue weighted by atomic mass is 32.1. The maximum atomic E-state index is 12.3. The Balaban J connectivity index is 1.59. The molecular formula is C17H15F3N2O3S. The van der Waals surface area contributed by atoms with Crippen molar-refractivity contribution in [1.29, 1.82) is 0 Å². The predicted molar refractivity (Wildman–Crippen MR) is 89.3 cm³/mol. The fraction of sp³-hybridized carbons (Fsp3) is 0.353. The number of para-hydroxylation sites is 1. The van der Waals surface area contributed by atoms with Gasteiger partial charge in [0.05, 0.1) is 10.2 Å². The van der Waals surface area contributed by atoms with Gasteiger partial charge in [-0.3, -0.25) is 4.79 Å². The first kappa shape index (κ1) is 18.4. The number of carbonyl (C=O) groups excluding carboxylic acids is 2. The van der Waals surface area contributed by atoms with Gasteiger partial charge >= 0.3 is 12.1 Å². The predicted octanol–water partition coefficient (Wildman–Crippen LogP) is 3.45. The monoisotopic (exact) mass is 384 g/mol. The Kier molecular flexibility index (Phi) is 5.26. The van der Waals surface area contributed by atoms with Crippen LogP contribution in [0.1, 0.15) is 17.8 Å². The number of ketones is 1. The van der Waals surface area contributed by atoms with Gasteiger partial charge in [-0.2, -0.15) is 13.2 Å². The summed E-state index contributed by atoms with van der Waals surface area (Å²) >= 11 is 1.41. The van der Waals surface area contributed by atoms with Gasteiger partial charge in [-0.05, 0) is 25.0 Å². The molecule has 0 saturated carbocycles. The van der Waals surface area contributed by atoms with Crippen molar-refractivity contribution in [3.8, 4) is 0 Å². The van der Waals surface area contributed by atoms with Crippen molar-refractivity contribution in [3.05, 3.63) is 41.5 Å². The van der Waals surface area contributed by atoms with E-state index < -0.39 is 24.0 Å². The second-order valence-electron chi connectivity index (χ2n) is 5.76. The van der Waals surface area contributed by atoms with Gasteiger partial charge in [0.2, 0.25) is 0 Å². The topological polar surface area (TPSA) is 59.5 Å². The van der Waals surface area contributed by atoms with E-state index in [-0.39, 0.29) is 6.61 Å². The number of thiazole rings is 1. The minimum absolute atomic E-state index is 0.00765. The van der Waals surface area contributed by atoms with E-state index in [0.29, 0.717) is 30.5 Å². The summed E-state index contributed by atoms with van der Waals surface area (Å²) < 4.78 is 43.0. The Morgan fingerprint density at radius 3 is 2.85 bits per heavy atom. The highest BCUT2D eigenvalue weighted by Gasteiger charge is 2.37. The Hall–Kier alpha value is -2.42. The van der Waals surface area contributed by atoms with E-state index in [1.54, 1.807) is 0 Å². The number of rotatable bonds is 5. The van der Waals surface area contributed by atoms with Crippen LogP contribution in [0.4, 0.5) is 13.2 Å². The standard InChI is InChI=1S/C17H15F3N2O3S/c18-17(19,20)14(23)7-9-22-8-3-5-12(22)16(24)25-10-15-21-11-4-1-2-6-13(11)26-15/h1-2,4,6-7,9,12H,3,5,8,10H2/b9-7+. The third-order valence-corrected chi connectivity index (χ3v) is 4.95. The van der Waals surface area contributed by atoms with Crippen LogP contribution in [0.25, 0.3) is 10.2 Å². The van der Waals surface area contributed by atoms with Gasteiger partial charge in [-0.1, -0.05) is 12.1 Å². The van der Waals surface area contributed by atoms with Gasteiger partial charge < -0.3 is 9.64 Å². The molecule has 1 unspecified atom stereocenters. The minimum Gasteiger partial charge on any atom is -0.457 e. The fourth-order valence-corrected chi connectivity index (χ4v) is 3.57. The van der Waals surface area contributed by atoms with Crippen LogP contribution in [-0.4, -0.2) is 40.4 Å². The third-order valence-electron chi connectivity index (χ3n) is 3.94. The van der Waals surface area contributed by atoms with E-state index in [9.17, 15) is 22.8 Å². The SMILES string of the molecule is O=C(OCc1nc2ccccc2s1)C1CCCN1/C=C/C(=O)C(F)(F)F. The molecule has 0 aliphatic carbocycles. The molecule has 1 fully saturated rings. The lowest BCUT2D eigenvalue weighted by Crippen LogP contribution is -2.34. The molecule has 1 aromatic carbocycles. The van der Waals surface area contributed by atoms with Crippen LogP contribution in [0.15, 0.2) is 36.5 Å². The molecule has 1 atom stereocenters. The molecule has 1 aliphatic heterocycles. The highest BCUT2D eigenvalue weighted by molar-refractivity contribution is 7.18. The fourth-order valence-electron chi connectivity index (χ4n) is 2.69. The summed E-state index contributed by atoms with van der Waals surface area (Å²) in [5.41, 5.74) is 0.819. The molecule has 0 spiro atoms. The van der Waals surface area contributed by atoms with Crippen LogP contribution in [-0.2, 0) is 20.9 Å². The lowest BCUT2D eigenvalue weighted by atomic mass is 10.2. The van der Waals surface area contributed by atoms with Crippen molar-refractivity contribution in [2.45, 2.75) is 31.7 Å². The maximum absolute atomic E-state index is 12.3. The summed E-state index contributed by atoms with van der Waals surface area (Å²) in [5.74, 6) is -2.49. The second-order valence-corrected chi connectivity index (χ2v) is 6.87. The van der Waals surface area contributed by atoms with Gasteiger partial charge in [0.15, 0.2) is 0 Å². The first-order valence-electron chi connectivity index (χ1n) is 7.91. The summed E-state index contributed by atoms with van der Waals surface area (Å²) in [6.45, 7) is 0.399. The third kappa shape index (κ3) is 4.21. The molecule has 0 N–H and O–H groups in total. The Bertz CT molecular complexity index is 814. The lowest BCUT2D eigenvalue weighted by molar-refractivity contribution is -0.165. The number of benzene rings is 1. The number of likely N-dealkylation sites (tertiary alicyclic amines) is 1. The number of hydrogen-bond acceptors (Lipinski definition) is 6. The van der Waals surface area contributed by atoms with Gasteiger partial charge in [0.1, 0.15) is 17.7 Å². The number of alkyl halides is 3. The van der Waals surface area contributed by atoms with E-state index in [0.717, 1.165) is 16.4 Å². The average Bonchev–Trinajstić information content (AvgIpc) is 3.22. The van der Waals surface area contributed by atoms with E-state index in [2.05, 4.69) is 4.98 Å². The van der Waals surface area contributed by atoms with Crippen LogP contribution in [0.5, 0.6) is 0 Å². The summed E-state index contributed by atoms with van der Waals surface area (Å²) in [5, 5.41) is 0.645. The molecule has 5 nitrogen and oxygen atoms in total. The van der Waals surface area contributed by atoms with Crippen LogP contribution < -0.4 is 0 Å². The molecule has 1 aliphatic rings. The number of nitrogens with zero attached hydrogens (tertiary/aromatic N) is 2. The minimum atomic E-state index is -4.92. The van der Waals surface area contributed by atoms with E-state index in [4.69, 9.17) is 4.74 Å². The first-order chi connectivity index (χ1) is 12.3. The summed E-state index contributed by atoms with van der Waals surface area (Å²) in [7, 11) is 0. The Labute approximate surface area is 151 Å². The van der Waals surface area contributed by atoms with E-state index in [1.165, 1.54) is 16.2 Å². The number of carbonyl (C=O) groups is 2. The number of esters is 1. The molecule has 26 heavy (non-hydrogen) atoms. The molecular weight excluding hydrogens is 369 g/mol. The molecule has 0 bridgehead atoms. The first-order valence-corrected chi connectivity index (χ1v) is 8.72. The summed E-state index contributed by atoms with van der Waals surface area (Å²) in [6, 6.07) is 6.84. The number of allylic oxidation sites excluding steroid dienone is 1. The van der Waals surface area contributed by atoms with Crippen LogP contribution in [0.3, 0.4) is 0 Å². The molecule has 138 valence electrons. The van der Waals surface area contributed by atoms with Gasteiger partial charge in [0.25, 0.3) is 5.78 Å². The largest absolute Gasteiger partial charge is 0.457 e. The van der Waals surface area contributed by atoms with Crippen molar-refractivity contribution in [2.24, 2.45) is 0 Å². The lowest BCUT2D eigenvalue weighted by Gasteiger charge is -2.20. The zero-order valence-corrected chi connectivity index (χ0v) is 14.3. The molecule has 2 heterocycles. The summed E-state index contributed by atoms with van der Waals surface area (Å²) in [6.07, 6.45) is -2.36.